The van der Waals surface area contributed by atoms with E-state index in [1.54, 1.807) is 0 Å². The van der Waals surface area contributed by atoms with E-state index in [0.29, 0.717) is 0 Å². The van der Waals surface area contributed by atoms with E-state index in [1.165, 1.54) is 0 Å². The Morgan fingerprint density at radius 2 is 1.50 bits per heavy atom. The standard InChI is InChI=1S/C2HF5O2P/c3-1(4,5)2(6,7)9-10-8/h10H/q+1. The fourth-order valence-electron chi connectivity index (χ4n) is 0.110. The van der Waals surface area contributed by atoms with Crippen LogP contribution in [0.5, 0.6) is 0 Å². The summed E-state index contributed by atoms with van der Waals surface area (Å²) >= 11 is 0. The van der Waals surface area contributed by atoms with Gasteiger partial charge in [-0.25, -0.2) is 0 Å². The van der Waals surface area contributed by atoms with Gasteiger partial charge in [-0.05, 0) is 4.57 Å². The molecule has 0 aromatic carbocycles. The minimum atomic E-state index is -5.80. The van der Waals surface area contributed by atoms with Crippen LogP contribution < -0.4 is 0 Å². The molecule has 0 radical (unpaired) electrons. The lowest BCUT2D eigenvalue weighted by molar-refractivity contribution is -0.358. The molecular formula is C2HF5O2P+. The number of halogens is 5. The lowest BCUT2D eigenvalue weighted by Crippen LogP contribution is -2.36. The molecule has 0 bridgehead atoms. The van der Waals surface area contributed by atoms with Gasteiger partial charge in [0.2, 0.25) is 0 Å². The highest BCUT2D eigenvalue weighted by Crippen LogP contribution is 2.38. The van der Waals surface area contributed by atoms with E-state index in [9.17, 15) is 26.5 Å². The Bertz CT molecular complexity index is 130. The van der Waals surface area contributed by atoms with Crippen molar-refractivity contribution in [2.45, 2.75) is 12.3 Å². The van der Waals surface area contributed by atoms with Crippen molar-refractivity contribution in [3.8, 4) is 0 Å². The van der Waals surface area contributed by atoms with Crippen molar-refractivity contribution in [1.82, 2.24) is 0 Å². The van der Waals surface area contributed by atoms with E-state index in [4.69, 9.17) is 0 Å². The van der Waals surface area contributed by atoms with Gasteiger partial charge in [0.1, 0.15) is 0 Å². The van der Waals surface area contributed by atoms with Gasteiger partial charge in [0.05, 0.1) is 0 Å². The summed E-state index contributed by atoms with van der Waals surface area (Å²) in [6, 6.07) is 0. The highest BCUT2D eigenvalue weighted by Gasteiger charge is 2.63. The van der Waals surface area contributed by atoms with Crippen molar-refractivity contribution in [2.24, 2.45) is 0 Å². The first-order valence-corrected chi connectivity index (χ1v) is 2.62. The monoisotopic (exact) mass is 183 g/mol. The zero-order chi connectivity index (χ0) is 8.41. The number of rotatable bonds is 2. The van der Waals surface area contributed by atoms with Crippen LogP contribution in [0.2, 0.25) is 0 Å². The summed E-state index contributed by atoms with van der Waals surface area (Å²) in [7, 11) is -2.14. The first-order valence-electron chi connectivity index (χ1n) is 1.81. The largest absolute Gasteiger partial charge is 0.500 e. The van der Waals surface area contributed by atoms with Gasteiger partial charge in [0.25, 0.3) is 0 Å². The molecule has 0 aromatic heterocycles. The molecular weight excluding hydrogens is 182 g/mol. The van der Waals surface area contributed by atoms with Crippen LogP contribution in [0.4, 0.5) is 22.0 Å². The van der Waals surface area contributed by atoms with Crippen LogP contribution >= 0.6 is 8.69 Å². The van der Waals surface area contributed by atoms with Crippen molar-refractivity contribution < 1.29 is 31.0 Å². The molecule has 0 aliphatic rings. The summed E-state index contributed by atoms with van der Waals surface area (Å²) in [4.78, 5) is 0. The highest BCUT2D eigenvalue weighted by atomic mass is 31.1. The van der Waals surface area contributed by atoms with Crippen LogP contribution in [0, 0.1) is 0 Å². The molecule has 0 amide bonds. The second kappa shape index (κ2) is 2.75. The number of alkyl halides is 5. The van der Waals surface area contributed by atoms with Gasteiger partial charge in [-0.2, -0.15) is 22.0 Å². The third kappa shape index (κ3) is 2.15. The molecule has 0 N–H and O–H groups in total. The normalized spacial score (nSPS) is 14.1. The number of hydrogen-bond acceptors (Lipinski definition) is 2. The van der Waals surface area contributed by atoms with Crippen LogP contribution in [0.25, 0.3) is 0 Å². The predicted octanol–water partition coefficient (Wildman–Crippen LogP) is 2.10. The maximum Gasteiger partial charge on any atom is 0.500 e. The molecule has 2 nitrogen and oxygen atoms in total. The fraction of sp³-hybridized carbons (Fsp3) is 1.00. The summed E-state index contributed by atoms with van der Waals surface area (Å²) in [6.07, 6.45) is -11.1. The quantitative estimate of drug-likeness (QED) is 0.483. The van der Waals surface area contributed by atoms with E-state index in [2.05, 4.69) is 4.52 Å². The lowest BCUT2D eigenvalue weighted by Gasteiger charge is -2.10. The first-order chi connectivity index (χ1) is 4.31. The summed E-state index contributed by atoms with van der Waals surface area (Å²) in [6.45, 7) is 0. The molecule has 0 aromatic rings. The number of hydrogen-bond donors (Lipinski definition) is 0. The van der Waals surface area contributed by atoms with E-state index < -0.39 is 21.0 Å². The van der Waals surface area contributed by atoms with Crippen LogP contribution in [-0.4, -0.2) is 12.3 Å². The maximum atomic E-state index is 11.4. The molecule has 0 aliphatic heterocycles. The molecule has 0 saturated carbocycles. The SMILES string of the molecule is O=[PH+]OC(F)(F)C(F)(F)F. The fourth-order valence-corrected chi connectivity index (χ4v) is 0.331. The predicted molar refractivity (Wildman–Crippen MR) is 21.1 cm³/mol. The van der Waals surface area contributed by atoms with Crippen LogP contribution in [0.1, 0.15) is 0 Å². The van der Waals surface area contributed by atoms with Gasteiger partial charge in [0, 0.05) is 0 Å². The Kier molecular flexibility index (Phi) is 2.67. The molecule has 0 fully saturated rings. The van der Waals surface area contributed by atoms with E-state index >= 15 is 0 Å². The Morgan fingerprint density at radius 1 is 1.10 bits per heavy atom. The van der Waals surface area contributed by atoms with Crippen molar-refractivity contribution in [2.75, 3.05) is 0 Å². The molecule has 60 valence electrons. The van der Waals surface area contributed by atoms with Crippen molar-refractivity contribution >= 4 is 8.69 Å². The van der Waals surface area contributed by atoms with Gasteiger partial charge in [0.15, 0.2) is 0 Å². The molecule has 10 heavy (non-hydrogen) atoms. The van der Waals surface area contributed by atoms with E-state index in [-0.39, 0.29) is 0 Å². The van der Waals surface area contributed by atoms with Crippen LogP contribution in [-0.2, 0) is 9.09 Å². The van der Waals surface area contributed by atoms with Gasteiger partial charge in [-0.15, -0.1) is 0 Å². The topological polar surface area (TPSA) is 26.3 Å². The Labute approximate surface area is 53.3 Å². The molecule has 0 rings (SSSR count). The lowest BCUT2D eigenvalue weighted by atomic mass is 10.6. The highest BCUT2D eigenvalue weighted by molar-refractivity contribution is 7.17. The summed E-state index contributed by atoms with van der Waals surface area (Å²) in [5.74, 6) is 0. The molecule has 0 saturated heterocycles. The van der Waals surface area contributed by atoms with Gasteiger partial charge < -0.3 is 0 Å². The third-order valence-electron chi connectivity index (χ3n) is 0.500. The minimum absolute atomic E-state index is 2.14. The van der Waals surface area contributed by atoms with Crippen LogP contribution in [0.15, 0.2) is 0 Å². The molecule has 1 unspecified atom stereocenters. The second-order valence-electron chi connectivity index (χ2n) is 1.20. The van der Waals surface area contributed by atoms with Gasteiger partial charge in [-0.1, -0.05) is 4.52 Å². The molecule has 0 aliphatic carbocycles. The summed E-state index contributed by atoms with van der Waals surface area (Å²) in [5.41, 5.74) is 0. The summed E-state index contributed by atoms with van der Waals surface area (Å²) < 4.78 is 67.6. The van der Waals surface area contributed by atoms with Crippen molar-refractivity contribution in [3.05, 3.63) is 0 Å². The third-order valence-corrected chi connectivity index (χ3v) is 0.840. The molecule has 1 atom stereocenters. The Hall–Kier alpha value is -0.290. The van der Waals surface area contributed by atoms with Gasteiger partial charge in [-0.3, -0.25) is 0 Å². The van der Waals surface area contributed by atoms with Gasteiger partial charge >= 0.3 is 21.0 Å². The zero-order valence-electron chi connectivity index (χ0n) is 4.21. The Balaban J connectivity index is 4.23. The van der Waals surface area contributed by atoms with E-state index in [0.717, 1.165) is 0 Å². The van der Waals surface area contributed by atoms with Crippen molar-refractivity contribution in [3.63, 3.8) is 0 Å². The zero-order valence-corrected chi connectivity index (χ0v) is 5.21. The second-order valence-corrected chi connectivity index (χ2v) is 1.57. The maximum absolute atomic E-state index is 11.4. The first kappa shape index (κ1) is 9.71. The molecule has 0 heterocycles. The average Bonchev–Trinajstić information content (AvgIpc) is 1.61. The Morgan fingerprint density at radius 3 is 1.60 bits per heavy atom. The molecule has 0 spiro atoms. The van der Waals surface area contributed by atoms with E-state index in [1.807, 2.05) is 0 Å². The smallest absolute Gasteiger partial charge is 0.163 e. The minimum Gasteiger partial charge on any atom is -0.163 e. The molecule has 8 heteroatoms. The van der Waals surface area contributed by atoms with Crippen LogP contribution in [0.3, 0.4) is 0 Å². The van der Waals surface area contributed by atoms with Crippen molar-refractivity contribution in [1.29, 1.82) is 0 Å². The summed E-state index contributed by atoms with van der Waals surface area (Å²) in [5, 5.41) is 0. The average molecular weight is 183 g/mol.